The van der Waals surface area contributed by atoms with E-state index < -0.39 is 0 Å². The number of nitrogens with zero attached hydrogens (tertiary/aromatic N) is 6. The van der Waals surface area contributed by atoms with Crippen LogP contribution in [0, 0.1) is 0 Å². The lowest BCUT2D eigenvalue weighted by atomic mass is 10.2. The van der Waals surface area contributed by atoms with E-state index in [0.717, 1.165) is 108 Å². The zero-order valence-electron chi connectivity index (χ0n) is 16.7. The SMILES string of the molecule is CCCCc1noc(CN2CCCN(Cc3nc(CCCC)no3)CC2)n1. The molecule has 2 aromatic rings. The third kappa shape index (κ3) is 6.39. The summed E-state index contributed by atoms with van der Waals surface area (Å²) in [6, 6.07) is 0. The van der Waals surface area contributed by atoms with Gasteiger partial charge in [0.25, 0.3) is 0 Å². The maximum absolute atomic E-state index is 5.41. The molecule has 3 heterocycles. The predicted molar refractivity (Wildman–Crippen MR) is 101 cm³/mol. The van der Waals surface area contributed by atoms with Crippen LogP contribution in [0.3, 0.4) is 0 Å². The molecule has 1 saturated heterocycles. The Labute approximate surface area is 161 Å². The van der Waals surface area contributed by atoms with Gasteiger partial charge in [0.2, 0.25) is 11.8 Å². The van der Waals surface area contributed by atoms with E-state index in [-0.39, 0.29) is 0 Å². The van der Waals surface area contributed by atoms with E-state index in [4.69, 9.17) is 9.05 Å². The van der Waals surface area contributed by atoms with Crippen molar-refractivity contribution >= 4 is 0 Å². The number of unbranched alkanes of at least 4 members (excludes halogenated alkanes) is 2. The van der Waals surface area contributed by atoms with E-state index in [2.05, 4.69) is 43.9 Å². The number of hydrogen-bond donors (Lipinski definition) is 0. The van der Waals surface area contributed by atoms with Gasteiger partial charge >= 0.3 is 0 Å². The molecule has 0 N–H and O–H groups in total. The van der Waals surface area contributed by atoms with Crippen molar-refractivity contribution in [1.29, 1.82) is 0 Å². The van der Waals surface area contributed by atoms with E-state index >= 15 is 0 Å². The van der Waals surface area contributed by atoms with Crippen LogP contribution >= 0.6 is 0 Å². The maximum Gasteiger partial charge on any atom is 0.240 e. The summed E-state index contributed by atoms with van der Waals surface area (Å²) in [6.07, 6.45) is 7.41. The van der Waals surface area contributed by atoms with Gasteiger partial charge in [0.1, 0.15) is 0 Å². The highest BCUT2D eigenvalue weighted by Gasteiger charge is 2.19. The van der Waals surface area contributed by atoms with Crippen LogP contribution in [0.15, 0.2) is 9.05 Å². The van der Waals surface area contributed by atoms with E-state index in [1.54, 1.807) is 0 Å². The summed E-state index contributed by atoms with van der Waals surface area (Å²) in [5.41, 5.74) is 0. The van der Waals surface area contributed by atoms with Crippen molar-refractivity contribution in [2.24, 2.45) is 0 Å². The van der Waals surface area contributed by atoms with Gasteiger partial charge < -0.3 is 9.05 Å². The third-order valence-corrected chi connectivity index (χ3v) is 4.93. The fraction of sp³-hybridized carbons (Fsp3) is 0.789. The van der Waals surface area contributed by atoms with Crippen LogP contribution in [0.4, 0.5) is 0 Å². The summed E-state index contributed by atoms with van der Waals surface area (Å²) < 4.78 is 10.8. The molecule has 27 heavy (non-hydrogen) atoms. The van der Waals surface area contributed by atoms with E-state index in [9.17, 15) is 0 Å². The Hall–Kier alpha value is -1.80. The van der Waals surface area contributed by atoms with Gasteiger partial charge in [0, 0.05) is 25.9 Å². The highest BCUT2D eigenvalue weighted by Crippen LogP contribution is 2.12. The van der Waals surface area contributed by atoms with Crippen LogP contribution in [0.2, 0.25) is 0 Å². The lowest BCUT2D eigenvalue weighted by Gasteiger charge is -2.19. The first-order valence-corrected chi connectivity index (χ1v) is 10.3. The van der Waals surface area contributed by atoms with Crippen molar-refractivity contribution in [3.63, 3.8) is 0 Å². The molecule has 150 valence electrons. The van der Waals surface area contributed by atoms with Gasteiger partial charge in [0.15, 0.2) is 11.6 Å². The fourth-order valence-corrected chi connectivity index (χ4v) is 3.30. The first kappa shape index (κ1) is 19.9. The molecule has 0 amide bonds. The average Bonchev–Trinajstić information content (AvgIpc) is 3.25. The fourth-order valence-electron chi connectivity index (χ4n) is 3.30. The van der Waals surface area contributed by atoms with Crippen LogP contribution in [0.5, 0.6) is 0 Å². The Bertz CT molecular complexity index is 614. The molecule has 0 bridgehead atoms. The molecule has 0 aromatic carbocycles. The first-order valence-electron chi connectivity index (χ1n) is 10.3. The van der Waals surface area contributed by atoms with Crippen LogP contribution in [-0.2, 0) is 25.9 Å². The lowest BCUT2D eigenvalue weighted by molar-refractivity contribution is 0.209. The minimum atomic E-state index is 0.729. The Balaban J connectivity index is 1.44. The molecule has 0 aliphatic carbocycles. The quantitative estimate of drug-likeness (QED) is 0.626. The number of rotatable bonds is 10. The summed E-state index contributed by atoms with van der Waals surface area (Å²) in [4.78, 5) is 13.8. The smallest absolute Gasteiger partial charge is 0.240 e. The summed E-state index contributed by atoms with van der Waals surface area (Å²) in [5, 5.41) is 8.17. The topological polar surface area (TPSA) is 84.3 Å². The summed E-state index contributed by atoms with van der Waals surface area (Å²) >= 11 is 0. The molecule has 1 aliphatic heterocycles. The number of hydrogen-bond acceptors (Lipinski definition) is 8. The highest BCUT2D eigenvalue weighted by molar-refractivity contribution is 4.89. The molecule has 0 spiro atoms. The first-order chi connectivity index (χ1) is 13.3. The van der Waals surface area contributed by atoms with Crippen LogP contribution in [0.1, 0.15) is 69.4 Å². The van der Waals surface area contributed by atoms with Crippen molar-refractivity contribution in [3.8, 4) is 0 Å². The Kier molecular flexibility index (Phi) is 7.77. The maximum atomic E-state index is 5.41. The van der Waals surface area contributed by atoms with Crippen molar-refractivity contribution in [2.45, 2.75) is 71.9 Å². The molecular weight excluding hydrogens is 344 g/mol. The minimum Gasteiger partial charge on any atom is -0.338 e. The zero-order valence-corrected chi connectivity index (χ0v) is 16.7. The van der Waals surface area contributed by atoms with Crippen molar-refractivity contribution in [1.82, 2.24) is 30.1 Å². The number of aryl methyl sites for hydroxylation is 2. The molecule has 0 radical (unpaired) electrons. The van der Waals surface area contributed by atoms with Crippen LogP contribution < -0.4 is 0 Å². The molecule has 2 aromatic heterocycles. The molecular formula is C19H32N6O2. The molecule has 0 unspecified atom stereocenters. The largest absolute Gasteiger partial charge is 0.338 e. The van der Waals surface area contributed by atoms with E-state index in [1.807, 2.05) is 0 Å². The second-order valence-electron chi connectivity index (χ2n) is 7.32. The normalized spacial score (nSPS) is 16.7. The van der Waals surface area contributed by atoms with Crippen molar-refractivity contribution in [2.75, 3.05) is 26.2 Å². The molecule has 3 rings (SSSR count). The Morgan fingerprint density at radius 2 is 1.22 bits per heavy atom. The third-order valence-electron chi connectivity index (χ3n) is 4.93. The van der Waals surface area contributed by atoms with Gasteiger partial charge in [-0.15, -0.1) is 0 Å². The lowest BCUT2D eigenvalue weighted by Crippen LogP contribution is -2.30. The summed E-state index contributed by atoms with van der Waals surface area (Å²) in [6.45, 7) is 9.83. The van der Waals surface area contributed by atoms with Crippen LogP contribution in [0.25, 0.3) is 0 Å². The van der Waals surface area contributed by atoms with Crippen molar-refractivity contribution in [3.05, 3.63) is 23.4 Å². The van der Waals surface area contributed by atoms with Gasteiger partial charge in [-0.1, -0.05) is 37.0 Å². The average molecular weight is 377 g/mol. The van der Waals surface area contributed by atoms with Crippen molar-refractivity contribution < 1.29 is 9.05 Å². The second-order valence-corrected chi connectivity index (χ2v) is 7.32. The minimum absolute atomic E-state index is 0.729. The Morgan fingerprint density at radius 1 is 0.741 bits per heavy atom. The van der Waals surface area contributed by atoms with E-state index in [1.165, 1.54) is 0 Å². The molecule has 8 heteroatoms. The number of aromatic nitrogens is 4. The summed E-state index contributed by atoms with van der Waals surface area (Å²) in [5.74, 6) is 3.12. The highest BCUT2D eigenvalue weighted by atomic mass is 16.5. The summed E-state index contributed by atoms with van der Waals surface area (Å²) in [7, 11) is 0. The second kappa shape index (κ2) is 10.5. The standard InChI is InChI=1S/C19H32N6O2/c1-3-5-8-16-20-18(26-22-16)14-24-10-7-11-25(13-12-24)15-19-21-17(23-27-19)9-6-4-2/h3-15H2,1-2H3. The predicted octanol–water partition coefficient (Wildman–Crippen LogP) is 2.85. The zero-order chi connectivity index (χ0) is 18.9. The molecule has 0 atom stereocenters. The van der Waals surface area contributed by atoms with Gasteiger partial charge in [0.05, 0.1) is 13.1 Å². The molecule has 1 fully saturated rings. The molecule has 1 aliphatic rings. The van der Waals surface area contributed by atoms with Gasteiger partial charge in [-0.2, -0.15) is 9.97 Å². The Morgan fingerprint density at radius 3 is 1.67 bits per heavy atom. The van der Waals surface area contributed by atoms with E-state index in [0.29, 0.717) is 0 Å². The monoisotopic (exact) mass is 376 g/mol. The molecule has 0 saturated carbocycles. The van der Waals surface area contributed by atoms with Crippen LogP contribution in [-0.4, -0.2) is 56.3 Å². The van der Waals surface area contributed by atoms with Gasteiger partial charge in [-0.05, 0) is 32.4 Å². The molecule has 8 nitrogen and oxygen atoms in total. The van der Waals surface area contributed by atoms with Gasteiger partial charge in [-0.25, -0.2) is 0 Å². The van der Waals surface area contributed by atoms with Gasteiger partial charge in [-0.3, -0.25) is 9.80 Å².